The molecule has 132 valence electrons. The number of aromatic nitrogens is 2. The molecule has 2 rings (SSSR count). The van der Waals surface area contributed by atoms with Crippen LogP contribution in [0.3, 0.4) is 0 Å². The van der Waals surface area contributed by atoms with Gasteiger partial charge in [0.2, 0.25) is 5.89 Å². The lowest BCUT2D eigenvalue weighted by molar-refractivity contribution is 0.359. The number of likely N-dealkylation sites (N-methyl/N-ethyl adjacent to an activating group) is 1. The fourth-order valence-electron chi connectivity index (χ4n) is 2.21. The number of methoxy groups -OCH3 is 1. The predicted octanol–water partition coefficient (Wildman–Crippen LogP) is 1.81. The Balaban J connectivity index is 2.08. The Bertz CT molecular complexity index is 756. The third-order valence-electron chi connectivity index (χ3n) is 3.77. The van der Waals surface area contributed by atoms with Gasteiger partial charge in [0.1, 0.15) is 5.75 Å². The van der Waals surface area contributed by atoms with E-state index in [1.54, 1.807) is 19.1 Å². The maximum Gasteiger partial charge on any atom is 0.230 e. The predicted molar refractivity (Wildman–Crippen MR) is 90.0 cm³/mol. The Hall–Kier alpha value is -1.93. The lowest BCUT2D eigenvalue weighted by Crippen LogP contribution is -2.24. The monoisotopic (exact) mass is 353 g/mol. The summed E-state index contributed by atoms with van der Waals surface area (Å²) in [6.45, 7) is 3.77. The van der Waals surface area contributed by atoms with Gasteiger partial charge in [0.25, 0.3) is 0 Å². The number of hydrogen-bond acceptors (Lipinski definition) is 7. The molecule has 0 aliphatic heterocycles. The first-order valence-corrected chi connectivity index (χ1v) is 9.37. The molecule has 2 unspecified atom stereocenters. The molecule has 2 aromatic rings. The van der Waals surface area contributed by atoms with E-state index in [9.17, 15) is 8.42 Å². The zero-order valence-electron chi connectivity index (χ0n) is 14.3. The summed E-state index contributed by atoms with van der Waals surface area (Å²) in [6.07, 6.45) is 0.623. The average molecular weight is 353 g/mol. The molecule has 0 amide bonds. The highest BCUT2D eigenvalue weighted by Gasteiger charge is 2.24. The number of hydrogen-bond donors (Lipinski definition) is 1. The van der Waals surface area contributed by atoms with Gasteiger partial charge in [-0.3, -0.25) is 0 Å². The van der Waals surface area contributed by atoms with Crippen molar-refractivity contribution in [2.24, 2.45) is 0 Å². The van der Waals surface area contributed by atoms with Gasteiger partial charge in [-0.1, -0.05) is 12.1 Å². The van der Waals surface area contributed by atoms with Gasteiger partial charge in [-0.05, 0) is 38.2 Å². The normalized spacial score (nSPS) is 14.3. The Labute approximate surface area is 142 Å². The van der Waals surface area contributed by atoms with Crippen molar-refractivity contribution in [3.63, 3.8) is 0 Å². The van der Waals surface area contributed by atoms with E-state index < -0.39 is 9.84 Å². The highest BCUT2D eigenvalue weighted by molar-refractivity contribution is 7.91. The van der Waals surface area contributed by atoms with Crippen LogP contribution in [0.15, 0.2) is 33.7 Å². The van der Waals surface area contributed by atoms with Gasteiger partial charge in [0, 0.05) is 18.4 Å². The van der Waals surface area contributed by atoms with Crippen LogP contribution in [-0.4, -0.2) is 44.5 Å². The lowest BCUT2D eigenvalue weighted by Gasteiger charge is -2.09. The molecular formula is C16H23N3O4S. The Morgan fingerprint density at radius 2 is 1.92 bits per heavy atom. The van der Waals surface area contributed by atoms with Crippen molar-refractivity contribution >= 4 is 9.84 Å². The van der Waals surface area contributed by atoms with Crippen LogP contribution in [0, 0.1) is 0 Å². The van der Waals surface area contributed by atoms with Crippen LogP contribution >= 0.6 is 0 Å². The average Bonchev–Trinajstić information content (AvgIpc) is 3.03. The molecule has 0 bridgehead atoms. The summed E-state index contributed by atoms with van der Waals surface area (Å²) in [5, 5.41) is 7.01. The fourth-order valence-corrected chi connectivity index (χ4v) is 3.75. The zero-order valence-corrected chi connectivity index (χ0v) is 15.1. The number of benzene rings is 1. The Morgan fingerprint density at radius 3 is 2.50 bits per heavy atom. The van der Waals surface area contributed by atoms with Crippen LogP contribution in [0.5, 0.6) is 5.75 Å². The van der Waals surface area contributed by atoms with Crippen LogP contribution in [0.25, 0.3) is 0 Å². The molecule has 0 saturated carbocycles. The summed E-state index contributed by atoms with van der Waals surface area (Å²) >= 11 is 0. The van der Waals surface area contributed by atoms with Gasteiger partial charge in [-0.2, -0.15) is 4.98 Å². The Morgan fingerprint density at radius 1 is 1.25 bits per heavy atom. The van der Waals surface area contributed by atoms with Crippen LogP contribution in [0.1, 0.15) is 31.5 Å². The molecule has 0 radical (unpaired) electrons. The van der Waals surface area contributed by atoms with E-state index in [0.29, 0.717) is 23.9 Å². The number of ether oxygens (including phenoxy) is 1. The molecule has 1 N–H and O–H groups in total. The molecule has 7 nitrogen and oxygen atoms in total. The van der Waals surface area contributed by atoms with E-state index in [1.807, 2.05) is 14.0 Å². The van der Waals surface area contributed by atoms with Crippen molar-refractivity contribution in [2.45, 2.75) is 37.1 Å². The van der Waals surface area contributed by atoms with Crippen molar-refractivity contribution in [2.75, 3.05) is 19.9 Å². The van der Waals surface area contributed by atoms with Crippen molar-refractivity contribution in [3.8, 4) is 5.75 Å². The minimum Gasteiger partial charge on any atom is -0.497 e. The fraction of sp³-hybridized carbons (Fsp3) is 0.500. The van der Waals surface area contributed by atoms with E-state index >= 15 is 0 Å². The Kier molecular flexibility index (Phi) is 5.95. The number of nitrogens with one attached hydrogen (secondary N) is 1. The second-order valence-corrected chi connectivity index (χ2v) is 7.83. The molecule has 1 aromatic carbocycles. The second kappa shape index (κ2) is 7.76. The molecule has 1 aromatic heterocycles. The quantitative estimate of drug-likeness (QED) is 0.773. The van der Waals surface area contributed by atoms with E-state index in [4.69, 9.17) is 9.26 Å². The van der Waals surface area contributed by atoms with Crippen LogP contribution in [0.4, 0.5) is 0 Å². The molecular weight excluding hydrogens is 330 g/mol. The van der Waals surface area contributed by atoms with E-state index in [1.165, 1.54) is 19.2 Å². The van der Waals surface area contributed by atoms with Crippen LogP contribution < -0.4 is 10.1 Å². The molecule has 2 atom stereocenters. The van der Waals surface area contributed by atoms with Gasteiger partial charge < -0.3 is 14.6 Å². The number of sulfone groups is 1. The van der Waals surface area contributed by atoms with Gasteiger partial charge in [-0.15, -0.1) is 0 Å². The first kappa shape index (κ1) is 18.4. The molecule has 1 heterocycles. The number of nitrogens with zero attached hydrogens (tertiary/aromatic N) is 2. The standard InChI is InChI=1S/C16H23N3O4S/c1-11(16-18-15(19-23-16)9-12(2)17-3)10-24(20,21)14-7-5-13(22-4)6-8-14/h5-8,11-12,17H,9-10H2,1-4H3. The molecule has 0 saturated heterocycles. The van der Waals surface area contributed by atoms with E-state index in [2.05, 4.69) is 15.5 Å². The first-order valence-electron chi connectivity index (χ1n) is 7.72. The summed E-state index contributed by atoms with van der Waals surface area (Å²) in [5.41, 5.74) is 0. The summed E-state index contributed by atoms with van der Waals surface area (Å²) in [4.78, 5) is 4.55. The maximum absolute atomic E-state index is 12.5. The smallest absolute Gasteiger partial charge is 0.230 e. The van der Waals surface area contributed by atoms with Gasteiger partial charge in [0.15, 0.2) is 15.7 Å². The van der Waals surface area contributed by atoms with Gasteiger partial charge in [0.05, 0.1) is 17.8 Å². The highest BCUT2D eigenvalue weighted by Crippen LogP contribution is 2.22. The largest absolute Gasteiger partial charge is 0.497 e. The van der Waals surface area contributed by atoms with Crippen molar-refractivity contribution in [1.29, 1.82) is 0 Å². The minimum atomic E-state index is -3.45. The molecule has 8 heteroatoms. The molecule has 0 aliphatic carbocycles. The SMILES string of the molecule is CNC(C)Cc1noc(C(C)CS(=O)(=O)c2ccc(OC)cc2)n1. The van der Waals surface area contributed by atoms with Crippen LogP contribution in [0.2, 0.25) is 0 Å². The minimum absolute atomic E-state index is 0.0947. The summed E-state index contributed by atoms with van der Waals surface area (Å²) in [5.74, 6) is 1.04. The van der Waals surface area contributed by atoms with E-state index in [-0.39, 0.29) is 22.6 Å². The third-order valence-corrected chi connectivity index (χ3v) is 5.70. The summed E-state index contributed by atoms with van der Waals surface area (Å²) in [7, 11) is -0.0545. The van der Waals surface area contributed by atoms with Crippen molar-refractivity contribution in [3.05, 3.63) is 36.0 Å². The first-order chi connectivity index (χ1) is 11.4. The van der Waals surface area contributed by atoms with Crippen LogP contribution in [-0.2, 0) is 16.3 Å². The number of rotatable bonds is 8. The molecule has 0 fully saturated rings. The van der Waals surface area contributed by atoms with E-state index in [0.717, 1.165) is 0 Å². The molecule has 24 heavy (non-hydrogen) atoms. The molecule has 0 aliphatic rings. The zero-order chi connectivity index (χ0) is 17.7. The van der Waals surface area contributed by atoms with Gasteiger partial charge in [-0.25, -0.2) is 8.42 Å². The summed E-state index contributed by atoms with van der Waals surface area (Å²) < 4.78 is 35.3. The van der Waals surface area contributed by atoms with Gasteiger partial charge >= 0.3 is 0 Å². The topological polar surface area (TPSA) is 94.3 Å². The third kappa shape index (κ3) is 4.55. The van der Waals surface area contributed by atoms with Crippen molar-refractivity contribution in [1.82, 2.24) is 15.5 Å². The maximum atomic E-state index is 12.5. The lowest BCUT2D eigenvalue weighted by atomic mass is 10.2. The second-order valence-electron chi connectivity index (χ2n) is 5.80. The summed E-state index contributed by atoms with van der Waals surface area (Å²) in [6, 6.07) is 6.54. The highest BCUT2D eigenvalue weighted by atomic mass is 32.2. The molecule has 0 spiro atoms. The van der Waals surface area contributed by atoms with Crippen molar-refractivity contribution < 1.29 is 17.7 Å².